The molecule has 2 aromatic carbocycles. The molecule has 0 aliphatic rings. The zero-order valence-electron chi connectivity index (χ0n) is 15.1. The Labute approximate surface area is 148 Å². The number of methoxy groups -OCH3 is 1. The molecule has 0 heterocycles. The van der Waals surface area contributed by atoms with Crippen molar-refractivity contribution in [2.75, 3.05) is 19.0 Å². The average Bonchev–Trinajstić information content (AvgIpc) is 2.60. The molecule has 0 atom stereocenters. The van der Waals surface area contributed by atoms with Gasteiger partial charge in [0.05, 0.1) is 18.4 Å². The average molecular weight is 340 g/mol. The Hall–Kier alpha value is -2.82. The van der Waals surface area contributed by atoms with Crippen LogP contribution in [0.1, 0.15) is 40.1 Å². The van der Waals surface area contributed by atoms with Crippen LogP contribution in [0, 0.1) is 12.8 Å². The molecular formula is C20H24N2O3. The lowest BCUT2D eigenvalue weighted by Crippen LogP contribution is -2.28. The van der Waals surface area contributed by atoms with E-state index < -0.39 is 0 Å². The van der Waals surface area contributed by atoms with Crippen LogP contribution >= 0.6 is 0 Å². The molecule has 0 unspecified atom stereocenters. The minimum atomic E-state index is -0.289. The number of carbonyl (C=O) groups is 2. The second-order valence-electron chi connectivity index (χ2n) is 6.29. The van der Waals surface area contributed by atoms with E-state index in [0.29, 0.717) is 35.0 Å². The molecule has 0 aliphatic heterocycles. The fourth-order valence-corrected chi connectivity index (χ4v) is 2.34. The fourth-order valence-electron chi connectivity index (χ4n) is 2.34. The van der Waals surface area contributed by atoms with E-state index in [2.05, 4.69) is 10.6 Å². The number of anilines is 1. The lowest BCUT2D eigenvalue weighted by Gasteiger charge is -2.13. The minimum Gasteiger partial charge on any atom is -0.496 e. The molecule has 5 heteroatoms. The third kappa shape index (κ3) is 4.83. The Morgan fingerprint density at radius 2 is 1.80 bits per heavy atom. The molecule has 0 aliphatic carbocycles. The van der Waals surface area contributed by atoms with Crippen molar-refractivity contribution in [3.63, 3.8) is 0 Å². The number of rotatable bonds is 6. The van der Waals surface area contributed by atoms with Gasteiger partial charge >= 0.3 is 0 Å². The maximum Gasteiger partial charge on any atom is 0.255 e. The van der Waals surface area contributed by atoms with E-state index in [0.717, 1.165) is 5.56 Å². The summed E-state index contributed by atoms with van der Waals surface area (Å²) in [5.41, 5.74) is 2.34. The number of nitrogens with one attached hydrogen (secondary N) is 2. The Morgan fingerprint density at radius 1 is 1.08 bits per heavy atom. The van der Waals surface area contributed by atoms with Gasteiger partial charge in [-0.1, -0.05) is 32.0 Å². The first-order valence-electron chi connectivity index (χ1n) is 8.25. The van der Waals surface area contributed by atoms with E-state index in [1.165, 1.54) is 0 Å². The van der Waals surface area contributed by atoms with Crippen molar-refractivity contribution in [1.82, 2.24) is 5.32 Å². The third-order valence-corrected chi connectivity index (χ3v) is 3.76. The van der Waals surface area contributed by atoms with Gasteiger partial charge in [-0.2, -0.15) is 0 Å². The molecule has 5 nitrogen and oxygen atoms in total. The highest BCUT2D eigenvalue weighted by atomic mass is 16.5. The third-order valence-electron chi connectivity index (χ3n) is 3.76. The van der Waals surface area contributed by atoms with Crippen molar-refractivity contribution in [2.45, 2.75) is 20.8 Å². The van der Waals surface area contributed by atoms with E-state index in [1.54, 1.807) is 43.5 Å². The smallest absolute Gasteiger partial charge is 0.255 e. The summed E-state index contributed by atoms with van der Waals surface area (Å²) in [7, 11) is 1.57. The quantitative estimate of drug-likeness (QED) is 0.843. The summed E-state index contributed by atoms with van der Waals surface area (Å²) in [6.07, 6.45) is 0. The Kier molecular flexibility index (Phi) is 6.17. The van der Waals surface area contributed by atoms with E-state index in [-0.39, 0.29) is 11.8 Å². The maximum absolute atomic E-state index is 12.5. The summed E-state index contributed by atoms with van der Waals surface area (Å²) in [5, 5.41) is 5.68. The van der Waals surface area contributed by atoms with Gasteiger partial charge in [-0.25, -0.2) is 0 Å². The minimum absolute atomic E-state index is 0.203. The van der Waals surface area contributed by atoms with Crippen LogP contribution in [0.15, 0.2) is 42.5 Å². The molecule has 0 spiro atoms. The molecule has 0 aromatic heterocycles. The second-order valence-corrected chi connectivity index (χ2v) is 6.29. The van der Waals surface area contributed by atoms with Gasteiger partial charge in [0.2, 0.25) is 0 Å². The topological polar surface area (TPSA) is 67.4 Å². The SMILES string of the molecule is COc1cc(C(=O)Nc2ccccc2C(=O)NCC(C)C)ccc1C. The number of ether oxygens (including phenoxy) is 1. The van der Waals surface area contributed by atoms with Crippen molar-refractivity contribution >= 4 is 17.5 Å². The fraction of sp³-hybridized carbons (Fsp3) is 0.300. The summed E-state index contributed by atoms with van der Waals surface area (Å²) in [6, 6.07) is 12.2. The molecule has 25 heavy (non-hydrogen) atoms. The Balaban J connectivity index is 2.20. The highest BCUT2D eigenvalue weighted by Crippen LogP contribution is 2.21. The normalized spacial score (nSPS) is 10.4. The first-order chi connectivity index (χ1) is 11.9. The van der Waals surface area contributed by atoms with E-state index in [9.17, 15) is 9.59 Å². The van der Waals surface area contributed by atoms with Crippen molar-refractivity contribution in [2.24, 2.45) is 5.92 Å². The standard InChI is InChI=1S/C20H24N2O3/c1-13(2)12-21-20(24)16-7-5-6-8-17(16)22-19(23)15-10-9-14(3)18(11-15)25-4/h5-11,13H,12H2,1-4H3,(H,21,24)(H,22,23). The first kappa shape index (κ1) is 18.5. The number of amides is 2. The van der Waals surface area contributed by atoms with Gasteiger partial charge in [0, 0.05) is 12.1 Å². The van der Waals surface area contributed by atoms with Gasteiger partial charge in [-0.3, -0.25) is 9.59 Å². The summed E-state index contributed by atoms with van der Waals surface area (Å²) in [5.74, 6) is 0.509. The number of aryl methyl sites for hydroxylation is 1. The molecule has 0 saturated carbocycles. The van der Waals surface area contributed by atoms with Crippen molar-refractivity contribution in [1.29, 1.82) is 0 Å². The summed E-state index contributed by atoms with van der Waals surface area (Å²) >= 11 is 0. The van der Waals surface area contributed by atoms with Crippen LogP contribution in [0.2, 0.25) is 0 Å². The Bertz CT molecular complexity index is 769. The summed E-state index contributed by atoms with van der Waals surface area (Å²) in [4.78, 5) is 24.9. The molecule has 0 bridgehead atoms. The molecule has 132 valence electrons. The molecule has 0 radical (unpaired) electrons. The van der Waals surface area contributed by atoms with Crippen LogP contribution < -0.4 is 15.4 Å². The van der Waals surface area contributed by atoms with Crippen molar-refractivity contribution in [3.05, 3.63) is 59.2 Å². The zero-order chi connectivity index (χ0) is 18.4. The molecule has 2 rings (SSSR count). The van der Waals surface area contributed by atoms with Gasteiger partial charge in [0.15, 0.2) is 0 Å². The number of hydrogen-bond acceptors (Lipinski definition) is 3. The van der Waals surface area contributed by atoms with Crippen molar-refractivity contribution in [3.8, 4) is 5.75 Å². The Morgan fingerprint density at radius 3 is 2.48 bits per heavy atom. The number of hydrogen-bond donors (Lipinski definition) is 2. The number of para-hydroxylation sites is 1. The second kappa shape index (κ2) is 8.33. The number of carbonyl (C=O) groups excluding carboxylic acids is 2. The van der Waals surface area contributed by atoms with Gasteiger partial charge in [-0.05, 0) is 42.7 Å². The van der Waals surface area contributed by atoms with Gasteiger partial charge in [0.1, 0.15) is 5.75 Å². The van der Waals surface area contributed by atoms with Crippen LogP contribution in [0.25, 0.3) is 0 Å². The lowest BCUT2D eigenvalue weighted by atomic mass is 10.1. The van der Waals surface area contributed by atoms with Crippen LogP contribution in [0.3, 0.4) is 0 Å². The monoisotopic (exact) mass is 340 g/mol. The molecule has 0 saturated heterocycles. The molecular weight excluding hydrogens is 316 g/mol. The maximum atomic E-state index is 12.5. The number of benzene rings is 2. The van der Waals surface area contributed by atoms with Crippen LogP contribution in [-0.4, -0.2) is 25.5 Å². The predicted molar refractivity (Wildman–Crippen MR) is 99.3 cm³/mol. The van der Waals surface area contributed by atoms with Crippen molar-refractivity contribution < 1.29 is 14.3 Å². The zero-order valence-corrected chi connectivity index (χ0v) is 15.1. The largest absolute Gasteiger partial charge is 0.496 e. The summed E-state index contributed by atoms with van der Waals surface area (Å²) < 4.78 is 5.26. The lowest BCUT2D eigenvalue weighted by molar-refractivity contribution is 0.0950. The highest BCUT2D eigenvalue weighted by molar-refractivity contribution is 6.09. The highest BCUT2D eigenvalue weighted by Gasteiger charge is 2.15. The molecule has 2 N–H and O–H groups in total. The van der Waals surface area contributed by atoms with E-state index >= 15 is 0 Å². The van der Waals surface area contributed by atoms with Crippen LogP contribution in [0.4, 0.5) is 5.69 Å². The van der Waals surface area contributed by atoms with Gasteiger partial charge < -0.3 is 15.4 Å². The van der Waals surface area contributed by atoms with E-state index in [1.807, 2.05) is 26.8 Å². The van der Waals surface area contributed by atoms with Crippen LogP contribution in [-0.2, 0) is 0 Å². The predicted octanol–water partition coefficient (Wildman–Crippen LogP) is 3.64. The van der Waals surface area contributed by atoms with Crippen LogP contribution in [0.5, 0.6) is 5.75 Å². The molecule has 2 amide bonds. The summed E-state index contributed by atoms with van der Waals surface area (Å²) in [6.45, 7) is 6.54. The molecule has 2 aromatic rings. The van der Waals surface area contributed by atoms with Gasteiger partial charge in [-0.15, -0.1) is 0 Å². The molecule has 0 fully saturated rings. The first-order valence-corrected chi connectivity index (χ1v) is 8.25. The van der Waals surface area contributed by atoms with E-state index in [4.69, 9.17) is 4.74 Å². The van der Waals surface area contributed by atoms with Gasteiger partial charge in [0.25, 0.3) is 11.8 Å².